The highest BCUT2D eigenvalue weighted by molar-refractivity contribution is 7.26. The normalized spacial score (nSPS) is 11.6. The summed E-state index contributed by atoms with van der Waals surface area (Å²) >= 11 is 1.80. The second-order valence-corrected chi connectivity index (χ2v) is 15.4. The summed E-state index contributed by atoms with van der Waals surface area (Å²) in [5.74, 6) is 2.06. The van der Waals surface area contributed by atoms with E-state index in [1.165, 1.54) is 75.8 Å². The molecule has 10 aromatic rings. The summed E-state index contributed by atoms with van der Waals surface area (Å²) in [5.41, 5.74) is 15.5. The molecule has 0 unspecified atom stereocenters. The molecule has 0 bridgehead atoms. The van der Waals surface area contributed by atoms with Gasteiger partial charge in [-0.15, -0.1) is 11.3 Å². The molecule has 0 amide bonds. The number of hydrogen-bond donors (Lipinski definition) is 0. The molecule has 0 aliphatic heterocycles. The molecule has 2 heterocycles. The van der Waals surface area contributed by atoms with Crippen LogP contribution >= 0.6 is 11.3 Å². The van der Waals surface area contributed by atoms with E-state index in [2.05, 4.69) is 170 Å². The van der Waals surface area contributed by atoms with E-state index >= 15 is 0 Å². The Bertz CT molecular complexity index is 3090. The van der Waals surface area contributed by atoms with Crippen molar-refractivity contribution < 1.29 is 0 Å². The zero-order valence-electron chi connectivity index (χ0n) is 30.4. The molecule has 0 spiro atoms. The fourth-order valence-electron chi connectivity index (χ4n) is 8.32. The third-order valence-electron chi connectivity index (χ3n) is 11.0. The molecule has 0 atom stereocenters. The van der Waals surface area contributed by atoms with Crippen LogP contribution in [0.25, 0.3) is 98.8 Å². The van der Waals surface area contributed by atoms with Crippen molar-refractivity contribution in [3.05, 3.63) is 199 Å². The van der Waals surface area contributed by atoms with Gasteiger partial charge in [-0.3, -0.25) is 0 Å². The average Bonchev–Trinajstić information content (AvgIpc) is 3.86. The molecule has 2 aromatic heterocycles. The zero-order chi connectivity index (χ0) is 37.0. The summed E-state index contributed by atoms with van der Waals surface area (Å²) in [5, 5.41) is 2.48. The van der Waals surface area contributed by atoms with Gasteiger partial charge in [-0.1, -0.05) is 177 Å². The maximum atomic E-state index is 5.29. The molecular weight excluding hydrogens is 711 g/mol. The Labute approximate surface area is 336 Å². The quantitative estimate of drug-likeness (QED) is 0.170. The molecule has 3 nitrogen and oxygen atoms in total. The van der Waals surface area contributed by atoms with Crippen molar-refractivity contribution in [3.8, 4) is 78.7 Å². The average molecular weight is 748 g/mol. The van der Waals surface area contributed by atoms with E-state index < -0.39 is 0 Å². The Kier molecular flexibility index (Phi) is 8.62. The highest BCUT2D eigenvalue weighted by Gasteiger charge is 2.26. The van der Waals surface area contributed by atoms with Gasteiger partial charge >= 0.3 is 0 Å². The van der Waals surface area contributed by atoms with Crippen LogP contribution in [0.1, 0.15) is 18.6 Å². The van der Waals surface area contributed by atoms with Crippen LogP contribution < -0.4 is 0 Å². The molecule has 0 radical (unpaired) electrons. The maximum absolute atomic E-state index is 5.29. The molecule has 0 fully saturated rings. The van der Waals surface area contributed by atoms with Gasteiger partial charge in [0.25, 0.3) is 0 Å². The third kappa shape index (κ3) is 6.03. The molecule has 57 heavy (non-hydrogen) atoms. The zero-order valence-corrected chi connectivity index (χ0v) is 31.2. The summed E-state index contributed by atoms with van der Waals surface area (Å²) in [6, 6.07) is 67.0. The molecular formula is C53H37N3S. The second-order valence-electron chi connectivity index (χ2n) is 14.3. The molecule has 4 heteroatoms. The Morgan fingerprint density at radius 3 is 1.54 bits per heavy atom. The van der Waals surface area contributed by atoms with Crippen molar-refractivity contribution >= 4 is 31.5 Å². The topological polar surface area (TPSA) is 38.7 Å². The van der Waals surface area contributed by atoms with Gasteiger partial charge in [-0.05, 0) is 73.8 Å². The van der Waals surface area contributed by atoms with E-state index in [1.54, 1.807) is 11.3 Å². The number of nitrogens with zero attached hydrogens (tertiary/aromatic N) is 3. The van der Waals surface area contributed by atoms with E-state index in [1.807, 2.05) is 18.2 Å². The monoisotopic (exact) mass is 747 g/mol. The molecule has 0 saturated carbocycles. The van der Waals surface area contributed by atoms with Crippen LogP contribution in [0, 0.1) is 0 Å². The van der Waals surface area contributed by atoms with Crippen LogP contribution in [0.4, 0.5) is 0 Å². The Hall–Kier alpha value is -7.01. The van der Waals surface area contributed by atoms with Crippen molar-refractivity contribution in [2.24, 2.45) is 0 Å². The van der Waals surface area contributed by atoms with Crippen LogP contribution in [0.15, 0.2) is 188 Å². The first kappa shape index (κ1) is 34.5. The lowest BCUT2D eigenvalue weighted by molar-refractivity contribution is 1.07. The number of hydrogen-bond acceptors (Lipinski definition) is 4. The fourth-order valence-corrected chi connectivity index (χ4v) is 9.54. The Balaban J connectivity index is 0.00000396. The lowest BCUT2D eigenvalue weighted by Gasteiger charge is -2.12. The van der Waals surface area contributed by atoms with Crippen molar-refractivity contribution in [3.63, 3.8) is 0 Å². The molecule has 270 valence electrons. The van der Waals surface area contributed by atoms with E-state index in [0.717, 1.165) is 23.1 Å². The third-order valence-corrected chi connectivity index (χ3v) is 12.3. The molecule has 11 rings (SSSR count). The summed E-state index contributed by atoms with van der Waals surface area (Å²) in [7, 11) is 0. The largest absolute Gasteiger partial charge is 0.208 e. The Morgan fingerprint density at radius 1 is 0.333 bits per heavy atom. The number of fused-ring (bicyclic) bond motifs is 6. The van der Waals surface area contributed by atoms with Gasteiger partial charge in [0.1, 0.15) is 0 Å². The fraction of sp³-hybridized carbons (Fsp3) is 0.0377. The maximum Gasteiger partial charge on any atom is 0.165 e. The smallest absolute Gasteiger partial charge is 0.165 e. The molecule has 0 N–H and O–H groups in total. The van der Waals surface area contributed by atoms with Crippen molar-refractivity contribution in [2.45, 2.75) is 13.8 Å². The predicted octanol–water partition coefficient (Wildman–Crippen LogP) is 14.4. The lowest BCUT2D eigenvalue weighted by atomic mass is 9.93. The molecule has 0 saturated heterocycles. The van der Waals surface area contributed by atoms with Crippen LogP contribution in [0.2, 0.25) is 0 Å². The minimum absolute atomic E-state index is 0. The van der Waals surface area contributed by atoms with Crippen molar-refractivity contribution in [1.82, 2.24) is 15.0 Å². The summed E-state index contributed by atoms with van der Waals surface area (Å²) in [6.45, 7) is 0. The summed E-state index contributed by atoms with van der Waals surface area (Å²) in [4.78, 5) is 15.6. The SMILES string of the molecule is C.c1ccc(-c2cccc(-c3ccc(-c4cccc5c4Cc4c(-c6nc(-c7ccccc7)nc(-c7cccc8c7sc7ccccc78)n6)cccc4-5)cc3)c2)cc1. The van der Waals surface area contributed by atoms with E-state index in [0.29, 0.717) is 17.5 Å². The molecule has 8 aromatic carbocycles. The van der Waals surface area contributed by atoms with Crippen LogP contribution in [-0.2, 0) is 6.42 Å². The second kappa shape index (κ2) is 14.2. The Morgan fingerprint density at radius 2 is 0.807 bits per heavy atom. The molecule has 1 aliphatic carbocycles. The van der Waals surface area contributed by atoms with Crippen molar-refractivity contribution in [2.75, 3.05) is 0 Å². The van der Waals surface area contributed by atoms with Gasteiger partial charge in [0.05, 0.1) is 0 Å². The first-order chi connectivity index (χ1) is 27.7. The van der Waals surface area contributed by atoms with Crippen molar-refractivity contribution in [1.29, 1.82) is 0 Å². The summed E-state index contributed by atoms with van der Waals surface area (Å²) in [6.07, 6.45) is 0.797. The van der Waals surface area contributed by atoms with Gasteiger partial charge in [0, 0.05) is 43.3 Å². The first-order valence-electron chi connectivity index (χ1n) is 19.0. The standard InChI is InChI=1S/C52H33N3S.CH4/c1-3-13-33(14-4-1)37-17-9-18-38(31-37)34-27-29-35(30-28-34)39-20-10-21-40-41-22-11-24-44(47(41)32-46(39)40)51-53-50(36-15-5-2-6-16-36)54-52(55-51)45-25-12-23-43-42-19-7-8-26-48(42)56-49(43)45;/h1-31H,32H2;1H4. The minimum atomic E-state index is 0. The van der Waals surface area contributed by atoms with E-state index in [4.69, 9.17) is 15.0 Å². The number of rotatable bonds is 6. The van der Waals surface area contributed by atoms with Gasteiger partial charge in [0.15, 0.2) is 17.5 Å². The van der Waals surface area contributed by atoms with Gasteiger partial charge in [0.2, 0.25) is 0 Å². The number of aromatic nitrogens is 3. The first-order valence-corrected chi connectivity index (χ1v) is 19.8. The highest BCUT2D eigenvalue weighted by Crippen LogP contribution is 2.46. The lowest BCUT2D eigenvalue weighted by Crippen LogP contribution is -2.02. The summed E-state index contributed by atoms with van der Waals surface area (Å²) < 4.78 is 2.45. The van der Waals surface area contributed by atoms with Gasteiger partial charge in [-0.2, -0.15) is 0 Å². The van der Waals surface area contributed by atoms with E-state index in [9.17, 15) is 0 Å². The highest BCUT2D eigenvalue weighted by atomic mass is 32.1. The number of thiophene rings is 1. The van der Waals surface area contributed by atoms with Crippen LogP contribution in [0.5, 0.6) is 0 Å². The van der Waals surface area contributed by atoms with Crippen LogP contribution in [-0.4, -0.2) is 15.0 Å². The van der Waals surface area contributed by atoms with Crippen LogP contribution in [0.3, 0.4) is 0 Å². The number of benzene rings is 8. The molecule has 1 aliphatic rings. The van der Waals surface area contributed by atoms with Gasteiger partial charge in [-0.25, -0.2) is 15.0 Å². The minimum Gasteiger partial charge on any atom is -0.208 e. The van der Waals surface area contributed by atoms with Gasteiger partial charge < -0.3 is 0 Å². The predicted molar refractivity (Wildman–Crippen MR) is 240 cm³/mol. The van der Waals surface area contributed by atoms with E-state index in [-0.39, 0.29) is 7.43 Å².